The molecule has 4 aromatic carbocycles. The van der Waals surface area contributed by atoms with Crippen LogP contribution in [0.5, 0.6) is 0 Å². The van der Waals surface area contributed by atoms with Gasteiger partial charge in [-0.15, -0.1) is 0 Å². The Morgan fingerprint density at radius 2 is 0.788 bits per heavy atom. The molecule has 0 atom stereocenters. The molecule has 3 fully saturated rings. The molecule has 3 spiro atoms. The highest BCUT2D eigenvalue weighted by molar-refractivity contribution is 6.41. The van der Waals surface area contributed by atoms with E-state index in [9.17, 15) is 29.7 Å². The number of rotatable bonds is 2. The fourth-order valence-electron chi connectivity index (χ4n) is 13.7. The predicted octanol–water partition coefficient (Wildman–Crippen LogP) is 13.0. The molecule has 8 aliphatic rings. The molecule has 3 saturated carbocycles. The topological polar surface area (TPSA) is 125 Å². The van der Waals surface area contributed by atoms with E-state index >= 15 is 0 Å². The minimum atomic E-state index is -0.403. The van der Waals surface area contributed by atoms with Gasteiger partial charge in [-0.3, -0.25) is 28.9 Å². The number of hydrogen-bond acceptors (Lipinski definition) is 6. The van der Waals surface area contributed by atoms with Gasteiger partial charge in [0.05, 0.1) is 35.4 Å². The van der Waals surface area contributed by atoms with E-state index in [0.29, 0.717) is 0 Å². The Morgan fingerprint density at radius 3 is 1.14 bits per heavy atom. The monoisotopic (exact) mass is 858 g/mol. The molecular weight excluding hydrogens is 817 g/mol. The van der Waals surface area contributed by atoms with E-state index in [4.69, 9.17) is 13.1 Å². The van der Waals surface area contributed by atoms with Gasteiger partial charge in [0.2, 0.25) is 0 Å². The maximum Gasteiger partial charge on any atom is 0.197 e. The van der Waals surface area contributed by atoms with Crippen LogP contribution in [-0.2, 0) is 16.2 Å². The molecular formula is C58H42N4O4. The third-order valence-corrected chi connectivity index (χ3v) is 16.9. The number of nitriles is 2. The van der Waals surface area contributed by atoms with E-state index in [1.165, 1.54) is 64.1 Å². The van der Waals surface area contributed by atoms with Gasteiger partial charge in [0.15, 0.2) is 34.5 Å². The maximum absolute atomic E-state index is 14.0. The maximum atomic E-state index is 14.0. The lowest BCUT2D eigenvalue weighted by molar-refractivity contribution is 0.0973. The van der Waals surface area contributed by atoms with Crippen LogP contribution in [0.3, 0.4) is 0 Å². The number of fused-ring (bicyclic) bond motifs is 11. The lowest BCUT2D eigenvalue weighted by atomic mass is 9.65. The number of Topliss-reactive ketones (excluding diaryl/α,β-unsaturated/α-hetero) is 4. The summed E-state index contributed by atoms with van der Waals surface area (Å²) < 4.78 is 0. The van der Waals surface area contributed by atoms with Crippen molar-refractivity contribution in [1.29, 1.82) is 10.5 Å². The zero-order valence-corrected chi connectivity index (χ0v) is 36.5. The van der Waals surface area contributed by atoms with Crippen molar-refractivity contribution < 1.29 is 19.2 Å². The largest absolute Gasteiger partial charge is 0.288 e. The normalized spacial score (nSPS) is 20.7. The second-order valence-corrected chi connectivity index (χ2v) is 19.8. The van der Waals surface area contributed by atoms with Crippen LogP contribution < -0.4 is 0 Å². The molecule has 8 nitrogen and oxygen atoms in total. The highest BCUT2D eigenvalue weighted by atomic mass is 16.2. The van der Waals surface area contributed by atoms with Gasteiger partial charge in [-0.1, -0.05) is 82.1 Å². The minimum absolute atomic E-state index is 0.0785. The standard InChI is InChI=1S/C58H42N4O4/c1-61-50-28-42-43(29-51(50)62-2)55(66)45(54(42)65)25-37-19-33-23-49-39(27-47(33)57(37)14-8-4-9-15-57)38-26-46-32(22-48(38)58(49)16-10-5-11-17-58)18-36(56(46)12-6-3-7-13-56)24-44-52(63)40-20-34(30-59)35(31-60)21-41(40)53(44)64/h18-29H,3-17H2. The van der Waals surface area contributed by atoms with E-state index in [0.717, 1.165) is 112 Å². The molecule has 318 valence electrons. The minimum Gasteiger partial charge on any atom is -0.288 e. The molecule has 0 saturated heterocycles. The third kappa shape index (κ3) is 5.22. The van der Waals surface area contributed by atoms with E-state index in [-0.39, 0.29) is 72.1 Å². The van der Waals surface area contributed by atoms with Crippen molar-refractivity contribution in [2.75, 3.05) is 0 Å². The van der Waals surface area contributed by atoms with E-state index in [1.807, 2.05) is 24.3 Å². The van der Waals surface area contributed by atoms with Crippen LogP contribution in [-0.4, -0.2) is 23.1 Å². The highest BCUT2D eigenvalue weighted by Gasteiger charge is 2.51. The lowest BCUT2D eigenvalue weighted by Gasteiger charge is -2.38. The van der Waals surface area contributed by atoms with Crippen LogP contribution in [0.25, 0.3) is 33.0 Å². The summed E-state index contributed by atoms with van der Waals surface area (Å²) in [6.07, 6.45) is 23.5. The molecule has 12 rings (SSSR count). The molecule has 0 heterocycles. The summed E-state index contributed by atoms with van der Waals surface area (Å²) in [5.74, 6) is -1.59. The van der Waals surface area contributed by atoms with Crippen LogP contribution in [0, 0.1) is 35.8 Å². The Morgan fingerprint density at radius 1 is 0.439 bits per heavy atom. The van der Waals surface area contributed by atoms with Crippen LogP contribution in [0.1, 0.15) is 182 Å². The summed E-state index contributed by atoms with van der Waals surface area (Å²) in [5, 5.41) is 19.4. The predicted molar refractivity (Wildman–Crippen MR) is 250 cm³/mol. The zero-order valence-electron chi connectivity index (χ0n) is 36.5. The summed E-state index contributed by atoms with van der Waals surface area (Å²) in [4.78, 5) is 63.0. The first-order valence-corrected chi connectivity index (χ1v) is 23.5. The Balaban J connectivity index is 0.988. The third-order valence-electron chi connectivity index (χ3n) is 16.9. The molecule has 0 aromatic heterocycles. The van der Waals surface area contributed by atoms with Gasteiger partial charge >= 0.3 is 0 Å². The smallest absolute Gasteiger partial charge is 0.197 e. The van der Waals surface area contributed by atoms with Crippen molar-refractivity contribution in [2.24, 2.45) is 0 Å². The summed E-state index contributed by atoms with van der Waals surface area (Å²) in [5.41, 5.74) is 12.3. The van der Waals surface area contributed by atoms with Crippen molar-refractivity contribution in [3.63, 3.8) is 0 Å². The zero-order chi connectivity index (χ0) is 45.3. The first kappa shape index (κ1) is 40.0. The fourth-order valence-corrected chi connectivity index (χ4v) is 13.7. The average molecular weight is 859 g/mol. The summed E-state index contributed by atoms with van der Waals surface area (Å²) in [6, 6.07) is 19.4. The van der Waals surface area contributed by atoms with Gasteiger partial charge < -0.3 is 0 Å². The SMILES string of the molecule is [C-]#[N+]c1cc2c(cc1[N+]#[C-])C(=O)C(=CC1=Cc3cc4c(cc3C13CCCCC3)-c1cc3c(cc1C41CCCCC1)C=C(C=C1C(=O)c4cc(C#N)c(C#N)cc4C1=O)C31CCCCC1)C2=O. The van der Waals surface area contributed by atoms with Crippen molar-refractivity contribution in [2.45, 2.75) is 113 Å². The Bertz CT molecular complexity index is 3030. The summed E-state index contributed by atoms with van der Waals surface area (Å²) in [6.45, 7) is 15.2. The number of benzene rings is 4. The Labute approximate surface area is 383 Å². The highest BCUT2D eigenvalue weighted by Crippen LogP contribution is 2.63. The number of allylic oxidation sites excluding steroid dienone is 6. The molecule has 0 unspecified atom stereocenters. The van der Waals surface area contributed by atoms with Gasteiger partial charge in [-0.05, 0) is 143 Å². The molecule has 0 bridgehead atoms. The van der Waals surface area contributed by atoms with Gasteiger partial charge in [-0.2, -0.15) is 10.5 Å². The van der Waals surface area contributed by atoms with Crippen molar-refractivity contribution in [3.8, 4) is 23.3 Å². The molecule has 8 aliphatic carbocycles. The van der Waals surface area contributed by atoms with Gasteiger partial charge in [0, 0.05) is 38.5 Å². The first-order valence-electron chi connectivity index (χ1n) is 23.5. The van der Waals surface area contributed by atoms with E-state index < -0.39 is 23.1 Å². The van der Waals surface area contributed by atoms with Crippen molar-refractivity contribution in [3.05, 3.63) is 173 Å². The quantitative estimate of drug-likeness (QED) is 0.112. The second-order valence-electron chi connectivity index (χ2n) is 19.8. The van der Waals surface area contributed by atoms with E-state index in [2.05, 4.69) is 46.1 Å². The molecule has 0 amide bonds. The van der Waals surface area contributed by atoms with Gasteiger partial charge in [0.25, 0.3) is 0 Å². The van der Waals surface area contributed by atoms with Crippen molar-refractivity contribution >= 4 is 46.7 Å². The summed E-state index contributed by atoms with van der Waals surface area (Å²) >= 11 is 0. The van der Waals surface area contributed by atoms with Crippen molar-refractivity contribution in [1.82, 2.24) is 0 Å². The number of carbonyl (C=O) groups excluding carboxylic acids is 4. The fraction of sp³-hybridized carbons (Fsp3) is 0.310. The van der Waals surface area contributed by atoms with Gasteiger partial charge in [0.1, 0.15) is 12.1 Å². The molecule has 8 heteroatoms. The van der Waals surface area contributed by atoms with Crippen LogP contribution in [0.4, 0.5) is 11.4 Å². The Kier molecular flexibility index (Phi) is 8.63. The molecule has 66 heavy (non-hydrogen) atoms. The Hall–Kier alpha value is -7.52. The lowest BCUT2D eigenvalue weighted by Crippen LogP contribution is -2.30. The number of hydrogen-bond donors (Lipinski definition) is 0. The summed E-state index contributed by atoms with van der Waals surface area (Å²) in [7, 11) is 0. The first-order chi connectivity index (χ1) is 32.1. The molecule has 0 radical (unpaired) electrons. The number of ketones is 4. The van der Waals surface area contributed by atoms with Gasteiger partial charge in [-0.25, -0.2) is 0 Å². The number of carbonyl (C=O) groups is 4. The number of nitrogens with zero attached hydrogens (tertiary/aromatic N) is 4. The van der Waals surface area contributed by atoms with Crippen LogP contribution in [0.15, 0.2) is 83.0 Å². The molecule has 0 aliphatic heterocycles. The molecule has 0 N–H and O–H groups in total. The molecule has 4 aromatic rings. The average Bonchev–Trinajstić information content (AvgIpc) is 4.03. The van der Waals surface area contributed by atoms with Crippen LogP contribution in [0.2, 0.25) is 0 Å². The second kappa shape index (κ2) is 14.2. The van der Waals surface area contributed by atoms with E-state index in [1.54, 1.807) is 0 Å². The van der Waals surface area contributed by atoms with Crippen LogP contribution >= 0.6 is 0 Å².